The van der Waals surface area contributed by atoms with E-state index in [0.717, 1.165) is 77.0 Å². The van der Waals surface area contributed by atoms with Crippen molar-refractivity contribution in [3.8, 4) is 0 Å². The molecule has 2 N–H and O–H groups in total. The standard InChI is InChI=1S/C43H75NO5/c1-3-5-7-9-11-13-14-15-16-17-18-19-20-21-22-24-30-34-38-43(48)49-40(35-31-27-23-12-10-8-6-4-2)36-32-28-25-26-29-33-37-41(45)44-39-42(46)47/h12-14,16-17,23,31,35,40H,3-11,15,18-22,24-30,32-34,36-39H2,1-2H3,(H,44,45)(H,46,47)/b14-13-,17-16-,23-12-,35-31-. The Bertz CT molecular complexity index is 891. The monoisotopic (exact) mass is 686 g/mol. The molecule has 1 atom stereocenters. The van der Waals surface area contributed by atoms with Gasteiger partial charge >= 0.3 is 11.9 Å². The van der Waals surface area contributed by atoms with Crippen molar-refractivity contribution in [2.45, 2.75) is 200 Å². The molecule has 0 rings (SSSR count). The Hall–Kier alpha value is -2.63. The van der Waals surface area contributed by atoms with Crippen LogP contribution < -0.4 is 5.32 Å². The van der Waals surface area contributed by atoms with Crippen LogP contribution in [-0.4, -0.2) is 35.6 Å². The minimum atomic E-state index is -1.02. The normalized spacial score (nSPS) is 12.5. The maximum Gasteiger partial charge on any atom is 0.322 e. The second kappa shape index (κ2) is 38.2. The number of hydrogen-bond donors (Lipinski definition) is 2. The maximum absolute atomic E-state index is 12.7. The third-order valence-electron chi connectivity index (χ3n) is 8.71. The van der Waals surface area contributed by atoms with Crippen molar-refractivity contribution in [1.82, 2.24) is 5.32 Å². The van der Waals surface area contributed by atoms with Crippen LogP contribution in [0.4, 0.5) is 0 Å². The molecule has 49 heavy (non-hydrogen) atoms. The lowest BCUT2D eigenvalue weighted by atomic mass is 10.1. The van der Waals surface area contributed by atoms with E-state index in [-0.39, 0.29) is 24.5 Å². The number of carbonyl (C=O) groups is 3. The first-order chi connectivity index (χ1) is 24.0. The molecule has 0 aromatic carbocycles. The molecule has 0 aliphatic heterocycles. The lowest BCUT2D eigenvalue weighted by molar-refractivity contribution is -0.147. The van der Waals surface area contributed by atoms with Crippen LogP contribution in [0.3, 0.4) is 0 Å². The van der Waals surface area contributed by atoms with E-state index >= 15 is 0 Å². The predicted octanol–water partition coefficient (Wildman–Crippen LogP) is 12.3. The van der Waals surface area contributed by atoms with Crippen LogP contribution >= 0.6 is 0 Å². The van der Waals surface area contributed by atoms with Gasteiger partial charge in [0.15, 0.2) is 0 Å². The minimum Gasteiger partial charge on any atom is -0.480 e. The van der Waals surface area contributed by atoms with Crippen molar-refractivity contribution in [3.63, 3.8) is 0 Å². The molecule has 0 aromatic rings. The first-order valence-corrected chi connectivity index (χ1v) is 20.3. The molecule has 0 saturated carbocycles. The van der Waals surface area contributed by atoms with Gasteiger partial charge in [-0.15, -0.1) is 0 Å². The number of rotatable bonds is 36. The Balaban J connectivity index is 4.13. The van der Waals surface area contributed by atoms with Gasteiger partial charge in [-0.1, -0.05) is 146 Å². The number of unbranched alkanes of at least 4 members (excludes halogenated alkanes) is 19. The second-order valence-corrected chi connectivity index (χ2v) is 13.5. The molecular weight excluding hydrogens is 610 g/mol. The average Bonchev–Trinajstić information content (AvgIpc) is 3.08. The molecular formula is C43H75NO5. The molecule has 1 unspecified atom stereocenters. The minimum absolute atomic E-state index is 0.0796. The van der Waals surface area contributed by atoms with Gasteiger partial charge in [-0.3, -0.25) is 14.4 Å². The number of carbonyl (C=O) groups excluding carboxylic acids is 2. The summed E-state index contributed by atoms with van der Waals surface area (Å²) in [7, 11) is 0. The topological polar surface area (TPSA) is 92.7 Å². The molecule has 0 aliphatic rings. The lowest BCUT2D eigenvalue weighted by Crippen LogP contribution is -2.28. The largest absolute Gasteiger partial charge is 0.480 e. The summed E-state index contributed by atoms with van der Waals surface area (Å²) < 4.78 is 5.91. The zero-order valence-corrected chi connectivity index (χ0v) is 31.8. The highest BCUT2D eigenvalue weighted by Crippen LogP contribution is 2.15. The van der Waals surface area contributed by atoms with E-state index in [9.17, 15) is 14.4 Å². The van der Waals surface area contributed by atoms with Crippen LogP contribution in [-0.2, 0) is 19.1 Å². The van der Waals surface area contributed by atoms with E-state index in [1.165, 1.54) is 89.9 Å². The molecule has 0 saturated heterocycles. The first kappa shape index (κ1) is 46.4. The summed E-state index contributed by atoms with van der Waals surface area (Å²) >= 11 is 0. The Kier molecular flexibility index (Phi) is 36.1. The molecule has 0 fully saturated rings. The summed E-state index contributed by atoms with van der Waals surface area (Å²) in [6, 6.07) is 0. The molecule has 1 amide bonds. The summed E-state index contributed by atoms with van der Waals surface area (Å²) in [6.07, 6.45) is 48.2. The fourth-order valence-electron chi connectivity index (χ4n) is 5.67. The van der Waals surface area contributed by atoms with Gasteiger partial charge in [-0.2, -0.15) is 0 Å². The van der Waals surface area contributed by atoms with Crippen molar-refractivity contribution in [1.29, 1.82) is 0 Å². The number of ether oxygens (including phenoxy) is 1. The predicted molar refractivity (Wildman–Crippen MR) is 208 cm³/mol. The number of carboxylic acid groups (broad SMARTS) is 1. The highest BCUT2D eigenvalue weighted by atomic mass is 16.5. The Morgan fingerprint density at radius 1 is 0.551 bits per heavy atom. The van der Waals surface area contributed by atoms with Crippen molar-refractivity contribution in [3.05, 3.63) is 48.6 Å². The van der Waals surface area contributed by atoms with Crippen LogP contribution in [0.25, 0.3) is 0 Å². The summed E-state index contributed by atoms with van der Waals surface area (Å²) in [5.41, 5.74) is 0. The third kappa shape index (κ3) is 38.0. The van der Waals surface area contributed by atoms with Crippen LogP contribution in [0, 0.1) is 0 Å². The Morgan fingerprint density at radius 3 is 1.57 bits per heavy atom. The van der Waals surface area contributed by atoms with Crippen molar-refractivity contribution in [2.24, 2.45) is 0 Å². The molecule has 0 aliphatic carbocycles. The van der Waals surface area contributed by atoms with Gasteiger partial charge in [0.05, 0.1) is 0 Å². The van der Waals surface area contributed by atoms with Crippen LogP contribution in [0.5, 0.6) is 0 Å². The fourth-order valence-corrected chi connectivity index (χ4v) is 5.67. The molecule has 6 nitrogen and oxygen atoms in total. The molecule has 0 heterocycles. The van der Waals surface area contributed by atoms with Gasteiger partial charge in [0, 0.05) is 12.8 Å². The van der Waals surface area contributed by atoms with E-state index in [2.05, 4.69) is 67.8 Å². The zero-order valence-electron chi connectivity index (χ0n) is 31.8. The van der Waals surface area contributed by atoms with E-state index in [4.69, 9.17) is 9.84 Å². The van der Waals surface area contributed by atoms with Crippen LogP contribution in [0.2, 0.25) is 0 Å². The summed E-state index contributed by atoms with van der Waals surface area (Å²) in [6.45, 7) is 4.16. The number of hydrogen-bond acceptors (Lipinski definition) is 4. The van der Waals surface area contributed by atoms with Gasteiger partial charge < -0.3 is 15.2 Å². The molecule has 0 radical (unpaired) electrons. The van der Waals surface area contributed by atoms with Gasteiger partial charge in [-0.25, -0.2) is 0 Å². The molecule has 6 heteroatoms. The SMILES string of the molecule is CCCCC/C=C\C/C=C\C(CCCCCCCCC(=O)NCC(=O)O)OC(=O)CCCCCCCCC/C=C\C/C=C\CCCCCC. The summed E-state index contributed by atoms with van der Waals surface area (Å²) in [4.78, 5) is 34.8. The number of carboxylic acids is 1. The number of amides is 1. The summed E-state index contributed by atoms with van der Waals surface area (Å²) in [5, 5.41) is 11.0. The highest BCUT2D eigenvalue weighted by molar-refractivity contribution is 5.80. The van der Waals surface area contributed by atoms with E-state index in [0.29, 0.717) is 12.8 Å². The summed E-state index contributed by atoms with van der Waals surface area (Å²) in [5.74, 6) is -1.30. The number of allylic oxidation sites excluding steroid dienone is 7. The van der Waals surface area contributed by atoms with Crippen molar-refractivity contribution < 1.29 is 24.2 Å². The number of esters is 1. The Morgan fingerprint density at radius 2 is 1.00 bits per heavy atom. The van der Waals surface area contributed by atoms with Gasteiger partial charge in [0.1, 0.15) is 12.6 Å². The van der Waals surface area contributed by atoms with E-state index in [1.54, 1.807) is 0 Å². The first-order valence-electron chi connectivity index (χ1n) is 20.3. The van der Waals surface area contributed by atoms with Gasteiger partial charge in [-0.05, 0) is 83.1 Å². The smallest absolute Gasteiger partial charge is 0.322 e. The van der Waals surface area contributed by atoms with Gasteiger partial charge in [0.2, 0.25) is 5.91 Å². The third-order valence-corrected chi connectivity index (χ3v) is 8.71. The van der Waals surface area contributed by atoms with Gasteiger partial charge in [0.25, 0.3) is 0 Å². The van der Waals surface area contributed by atoms with Crippen molar-refractivity contribution in [2.75, 3.05) is 6.54 Å². The van der Waals surface area contributed by atoms with Crippen LogP contribution in [0.1, 0.15) is 194 Å². The Labute approximate surface area is 301 Å². The average molecular weight is 686 g/mol. The lowest BCUT2D eigenvalue weighted by Gasteiger charge is -2.14. The van der Waals surface area contributed by atoms with E-state index < -0.39 is 5.97 Å². The molecule has 0 bridgehead atoms. The molecule has 282 valence electrons. The van der Waals surface area contributed by atoms with Crippen LogP contribution in [0.15, 0.2) is 48.6 Å². The fraction of sp³-hybridized carbons (Fsp3) is 0.744. The zero-order chi connectivity index (χ0) is 35.9. The molecule has 0 aromatic heterocycles. The second-order valence-electron chi connectivity index (χ2n) is 13.5. The molecule has 0 spiro atoms. The maximum atomic E-state index is 12.7. The van der Waals surface area contributed by atoms with E-state index in [1.807, 2.05) is 0 Å². The number of aliphatic carboxylic acids is 1. The highest BCUT2D eigenvalue weighted by Gasteiger charge is 2.11. The van der Waals surface area contributed by atoms with Crippen molar-refractivity contribution >= 4 is 17.8 Å². The number of nitrogens with one attached hydrogen (secondary N) is 1. The quantitative estimate of drug-likeness (QED) is 0.0389.